The molecule has 0 fully saturated rings. The Labute approximate surface area is 121 Å². The predicted octanol–water partition coefficient (Wildman–Crippen LogP) is 3.41. The quantitative estimate of drug-likeness (QED) is 0.912. The van der Waals surface area contributed by atoms with Crippen LogP contribution in [0.2, 0.25) is 0 Å². The lowest BCUT2D eigenvalue weighted by atomic mass is 10.0. The van der Waals surface area contributed by atoms with Crippen LogP contribution in [0.15, 0.2) is 35.1 Å². The van der Waals surface area contributed by atoms with Gasteiger partial charge < -0.3 is 5.32 Å². The number of halogens is 2. The third kappa shape index (κ3) is 3.22. The lowest BCUT2D eigenvalue weighted by Gasteiger charge is -2.19. The SMILES string of the molecule is CCCNC(c1cnn(C)c1)c1c(F)cccc1Br. The Morgan fingerprint density at radius 2 is 2.26 bits per heavy atom. The molecule has 0 spiro atoms. The highest BCUT2D eigenvalue weighted by molar-refractivity contribution is 9.10. The number of aryl methyl sites for hydroxylation is 1. The molecule has 1 aromatic heterocycles. The molecule has 0 aliphatic heterocycles. The van der Waals surface area contributed by atoms with E-state index in [1.54, 1.807) is 16.9 Å². The largest absolute Gasteiger partial charge is 0.306 e. The lowest BCUT2D eigenvalue weighted by Crippen LogP contribution is -2.24. The van der Waals surface area contributed by atoms with Crippen LogP contribution in [0.4, 0.5) is 4.39 Å². The normalized spacial score (nSPS) is 12.6. The van der Waals surface area contributed by atoms with Gasteiger partial charge in [0.05, 0.1) is 12.2 Å². The van der Waals surface area contributed by atoms with E-state index in [9.17, 15) is 4.39 Å². The number of rotatable bonds is 5. The average Bonchev–Trinajstić information content (AvgIpc) is 2.79. The second-order valence-electron chi connectivity index (χ2n) is 4.47. The zero-order valence-corrected chi connectivity index (χ0v) is 12.6. The van der Waals surface area contributed by atoms with Crippen molar-refractivity contribution >= 4 is 15.9 Å². The third-order valence-corrected chi connectivity index (χ3v) is 3.64. The first kappa shape index (κ1) is 14.2. The Kier molecular flexibility index (Phi) is 4.71. The number of aromatic nitrogens is 2. The van der Waals surface area contributed by atoms with Crippen molar-refractivity contribution in [3.8, 4) is 0 Å². The fraction of sp³-hybridized carbons (Fsp3) is 0.357. The molecule has 0 saturated carbocycles. The summed E-state index contributed by atoms with van der Waals surface area (Å²) in [5, 5.41) is 7.54. The second-order valence-corrected chi connectivity index (χ2v) is 5.32. The summed E-state index contributed by atoms with van der Waals surface area (Å²) in [6.45, 7) is 2.91. The van der Waals surface area contributed by atoms with E-state index in [1.165, 1.54) is 6.07 Å². The molecule has 1 atom stereocenters. The van der Waals surface area contributed by atoms with E-state index in [2.05, 4.69) is 33.3 Å². The molecule has 19 heavy (non-hydrogen) atoms. The Bertz CT molecular complexity index is 533. The van der Waals surface area contributed by atoms with Crippen LogP contribution in [0.1, 0.15) is 30.5 Å². The van der Waals surface area contributed by atoms with Gasteiger partial charge in [0, 0.05) is 28.8 Å². The molecule has 102 valence electrons. The molecule has 0 radical (unpaired) electrons. The van der Waals surface area contributed by atoms with Gasteiger partial charge in [-0.2, -0.15) is 5.10 Å². The molecule has 2 aromatic rings. The fourth-order valence-electron chi connectivity index (χ4n) is 2.05. The van der Waals surface area contributed by atoms with E-state index in [4.69, 9.17) is 0 Å². The van der Waals surface area contributed by atoms with Crippen LogP contribution in [0.3, 0.4) is 0 Å². The van der Waals surface area contributed by atoms with Gasteiger partial charge in [0.25, 0.3) is 0 Å². The number of benzene rings is 1. The molecule has 0 aliphatic rings. The summed E-state index contributed by atoms with van der Waals surface area (Å²) in [5.74, 6) is -0.216. The summed E-state index contributed by atoms with van der Waals surface area (Å²) in [4.78, 5) is 0. The Morgan fingerprint density at radius 1 is 1.47 bits per heavy atom. The predicted molar refractivity (Wildman–Crippen MR) is 77.4 cm³/mol. The van der Waals surface area contributed by atoms with Crippen LogP contribution in [0.5, 0.6) is 0 Å². The van der Waals surface area contributed by atoms with E-state index in [0.717, 1.165) is 23.0 Å². The first-order valence-corrected chi connectivity index (χ1v) is 7.08. The van der Waals surface area contributed by atoms with Gasteiger partial charge in [0.15, 0.2) is 0 Å². The monoisotopic (exact) mass is 325 g/mol. The van der Waals surface area contributed by atoms with Crippen molar-refractivity contribution in [1.82, 2.24) is 15.1 Å². The van der Waals surface area contributed by atoms with Gasteiger partial charge >= 0.3 is 0 Å². The summed E-state index contributed by atoms with van der Waals surface area (Å²) in [6.07, 6.45) is 4.67. The molecule has 0 bridgehead atoms. The number of nitrogens with one attached hydrogen (secondary N) is 1. The Balaban J connectivity index is 2.42. The van der Waals surface area contributed by atoms with Gasteiger partial charge in [-0.25, -0.2) is 4.39 Å². The summed E-state index contributed by atoms with van der Waals surface area (Å²) in [5.41, 5.74) is 1.59. The topological polar surface area (TPSA) is 29.9 Å². The Hall–Kier alpha value is -1.20. The zero-order chi connectivity index (χ0) is 13.8. The number of hydrogen-bond donors (Lipinski definition) is 1. The molecule has 1 N–H and O–H groups in total. The maximum Gasteiger partial charge on any atom is 0.129 e. The summed E-state index contributed by atoms with van der Waals surface area (Å²) >= 11 is 3.44. The molecule has 0 amide bonds. The van der Waals surface area contributed by atoms with E-state index in [-0.39, 0.29) is 11.9 Å². The maximum absolute atomic E-state index is 14.1. The summed E-state index contributed by atoms with van der Waals surface area (Å²) in [7, 11) is 1.86. The smallest absolute Gasteiger partial charge is 0.129 e. The van der Waals surface area contributed by atoms with Crippen LogP contribution < -0.4 is 5.32 Å². The van der Waals surface area contributed by atoms with Crippen molar-refractivity contribution in [1.29, 1.82) is 0 Å². The standard InChI is InChI=1S/C14H17BrFN3/c1-3-7-17-14(10-8-18-19(2)9-10)13-11(15)5-4-6-12(13)16/h4-6,8-9,14,17H,3,7H2,1-2H3. The van der Waals surface area contributed by atoms with Crippen LogP contribution >= 0.6 is 15.9 Å². The molecule has 1 heterocycles. The highest BCUT2D eigenvalue weighted by atomic mass is 79.9. The van der Waals surface area contributed by atoms with Gasteiger partial charge in [0.1, 0.15) is 5.82 Å². The fourth-order valence-corrected chi connectivity index (χ4v) is 2.62. The molecular weight excluding hydrogens is 309 g/mol. The van der Waals surface area contributed by atoms with Gasteiger partial charge in [-0.3, -0.25) is 4.68 Å². The van der Waals surface area contributed by atoms with Crippen LogP contribution in [-0.2, 0) is 7.05 Å². The van der Waals surface area contributed by atoms with Crippen molar-refractivity contribution in [2.45, 2.75) is 19.4 Å². The maximum atomic E-state index is 14.1. The van der Waals surface area contributed by atoms with Crippen molar-refractivity contribution in [3.63, 3.8) is 0 Å². The van der Waals surface area contributed by atoms with Crippen molar-refractivity contribution < 1.29 is 4.39 Å². The second kappa shape index (κ2) is 6.30. The van der Waals surface area contributed by atoms with Crippen LogP contribution in [-0.4, -0.2) is 16.3 Å². The molecule has 0 saturated heterocycles. The van der Waals surface area contributed by atoms with E-state index in [0.29, 0.717) is 5.56 Å². The third-order valence-electron chi connectivity index (χ3n) is 2.95. The molecule has 3 nitrogen and oxygen atoms in total. The summed E-state index contributed by atoms with van der Waals surface area (Å²) < 4.78 is 16.6. The van der Waals surface area contributed by atoms with Gasteiger partial charge in [-0.1, -0.05) is 28.9 Å². The Morgan fingerprint density at radius 3 is 2.84 bits per heavy atom. The molecular formula is C14H17BrFN3. The highest BCUT2D eigenvalue weighted by Crippen LogP contribution is 2.30. The molecule has 0 aliphatic carbocycles. The van der Waals surface area contributed by atoms with Crippen molar-refractivity contribution in [3.05, 3.63) is 52.0 Å². The van der Waals surface area contributed by atoms with Crippen molar-refractivity contribution in [2.24, 2.45) is 7.05 Å². The zero-order valence-electron chi connectivity index (χ0n) is 11.0. The number of hydrogen-bond acceptors (Lipinski definition) is 2. The van der Waals surface area contributed by atoms with Crippen LogP contribution in [0.25, 0.3) is 0 Å². The molecule has 1 unspecified atom stereocenters. The summed E-state index contributed by atoms with van der Waals surface area (Å²) in [6, 6.07) is 4.85. The first-order chi connectivity index (χ1) is 9.13. The van der Waals surface area contributed by atoms with Crippen molar-refractivity contribution in [2.75, 3.05) is 6.54 Å². The van der Waals surface area contributed by atoms with Crippen LogP contribution in [0, 0.1) is 5.82 Å². The minimum Gasteiger partial charge on any atom is -0.306 e. The van der Waals surface area contributed by atoms with E-state index < -0.39 is 0 Å². The van der Waals surface area contributed by atoms with E-state index in [1.807, 2.05) is 19.3 Å². The molecule has 5 heteroatoms. The number of nitrogens with zero attached hydrogens (tertiary/aromatic N) is 2. The van der Waals surface area contributed by atoms with Gasteiger partial charge in [0.2, 0.25) is 0 Å². The highest BCUT2D eigenvalue weighted by Gasteiger charge is 2.21. The minimum atomic E-state index is -0.216. The molecule has 2 rings (SSSR count). The minimum absolute atomic E-state index is 0.191. The lowest BCUT2D eigenvalue weighted by molar-refractivity contribution is 0.544. The average molecular weight is 326 g/mol. The molecule has 1 aromatic carbocycles. The van der Waals surface area contributed by atoms with Gasteiger partial charge in [-0.15, -0.1) is 0 Å². The van der Waals surface area contributed by atoms with E-state index >= 15 is 0 Å². The van der Waals surface area contributed by atoms with Gasteiger partial charge in [-0.05, 0) is 25.1 Å². The first-order valence-electron chi connectivity index (χ1n) is 6.29.